The van der Waals surface area contributed by atoms with Crippen molar-refractivity contribution in [3.8, 4) is 0 Å². The largest absolute Gasteiger partial charge is 0.311 e. The quantitative estimate of drug-likeness (QED) is 0.685. The van der Waals surface area contributed by atoms with Crippen molar-refractivity contribution < 1.29 is 0 Å². The van der Waals surface area contributed by atoms with Gasteiger partial charge >= 0.3 is 0 Å². The van der Waals surface area contributed by atoms with Crippen LogP contribution in [0.15, 0.2) is 45.8 Å². The summed E-state index contributed by atoms with van der Waals surface area (Å²) in [5.41, 5.74) is 2.54. The van der Waals surface area contributed by atoms with E-state index in [0.29, 0.717) is 0 Å². The molecular weight excluding hydrogens is 298 g/mol. The molecule has 2 heterocycles. The van der Waals surface area contributed by atoms with Crippen molar-refractivity contribution in [2.75, 3.05) is 6.54 Å². The number of nitrogens with one attached hydrogen (secondary N) is 1. The molecule has 2 aromatic heterocycles. The molecule has 0 spiro atoms. The Morgan fingerprint density at radius 2 is 2.10 bits per heavy atom. The molecule has 0 bridgehead atoms. The minimum atomic E-state index is 0.861. The van der Waals surface area contributed by atoms with Crippen LogP contribution in [0.3, 0.4) is 0 Å². The van der Waals surface area contributed by atoms with Gasteiger partial charge in [0.1, 0.15) is 5.03 Å². The molecule has 3 aromatic rings. The van der Waals surface area contributed by atoms with Crippen LogP contribution in [0.1, 0.15) is 24.6 Å². The van der Waals surface area contributed by atoms with Gasteiger partial charge in [-0.2, -0.15) is 0 Å². The number of aromatic nitrogens is 2. The van der Waals surface area contributed by atoms with E-state index in [4.69, 9.17) is 4.98 Å². The zero-order chi connectivity index (χ0) is 14.7. The van der Waals surface area contributed by atoms with Gasteiger partial charge in [-0.1, -0.05) is 36.4 Å². The standard InChI is InChI=1S/C16H19N3S2/c1-3-8-17-11-14-15(18-16-19(14)9-10-20-16)21-13-6-4-12(2)5-7-13/h4-7,9-10,17H,3,8,11H2,1-2H3. The highest BCUT2D eigenvalue weighted by Crippen LogP contribution is 2.31. The van der Waals surface area contributed by atoms with Crippen molar-refractivity contribution in [3.63, 3.8) is 0 Å². The Hall–Kier alpha value is -1.30. The summed E-state index contributed by atoms with van der Waals surface area (Å²) in [5, 5.41) is 6.68. The van der Waals surface area contributed by atoms with Gasteiger partial charge in [-0.05, 0) is 32.0 Å². The number of rotatable bonds is 6. The summed E-state index contributed by atoms with van der Waals surface area (Å²) in [4.78, 5) is 7.08. The van der Waals surface area contributed by atoms with Crippen LogP contribution in [0.2, 0.25) is 0 Å². The molecule has 1 N–H and O–H groups in total. The zero-order valence-electron chi connectivity index (χ0n) is 12.3. The SMILES string of the molecule is CCCNCc1c(Sc2ccc(C)cc2)nc2sccn12. The lowest BCUT2D eigenvalue weighted by molar-refractivity contribution is 0.653. The number of thiazole rings is 1. The number of benzene rings is 1. The van der Waals surface area contributed by atoms with Crippen LogP contribution in [-0.2, 0) is 6.54 Å². The molecule has 0 aliphatic heterocycles. The summed E-state index contributed by atoms with van der Waals surface area (Å²) in [7, 11) is 0. The van der Waals surface area contributed by atoms with Crippen LogP contribution in [0.4, 0.5) is 0 Å². The Morgan fingerprint density at radius 3 is 2.86 bits per heavy atom. The first kappa shape index (κ1) is 14.6. The molecule has 0 fully saturated rings. The molecule has 0 aliphatic carbocycles. The third-order valence-electron chi connectivity index (χ3n) is 3.28. The first-order valence-electron chi connectivity index (χ1n) is 7.17. The van der Waals surface area contributed by atoms with Gasteiger partial charge in [0, 0.05) is 23.0 Å². The Bertz CT molecular complexity index is 713. The predicted molar refractivity (Wildman–Crippen MR) is 90.4 cm³/mol. The van der Waals surface area contributed by atoms with Crippen molar-refractivity contribution in [1.82, 2.24) is 14.7 Å². The summed E-state index contributed by atoms with van der Waals surface area (Å²) in [6, 6.07) is 8.62. The highest BCUT2D eigenvalue weighted by Gasteiger charge is 2.13. The Kier molecular flexibility index (Phi) is 4.63. The van der Waals surface area contributed by atoms with Crippen molar-refractivity contribution >= 4 is 28.1 Å². The fourth-order valence-corrected chi connectivity index (χ4v) is 3.86. The van der Waals surface area contributed by atoms with Crippen molar-refractivity contribution in [1.29, 1.82) is 0 Å². The normalized spacial score (nSPS) is 11.3. The molecule has 3 nitrogen and oxygen atoms in total. The average molecular weight is 317 g/mol. The Balaban J connectivity index is 1.87. The maximum Gasteiger partial charge on any atom is 0.194 e. The van der Waals surface area contributed by atoms with E-state index in [1.807, 2.05) is 0 Å². The Labute approximate surface area is 133 Å². The van der Waals surface area contributed by atoms with Crippen molar-refractivity contribution in [2.45, 2.75) is 36.7 Å². The lowest BCUT2D eigenvalue weighted by atomic mass is 10.2. The fraction of sp³-hybridized carbons (Fsp3) is 0.312. The van der Waals surface area contributed by atoms with Crippen LogP contribution in [0.5, 0.6) is 0 Å². The molecule has 0 radical (unpaired) electrons. The first-order valence-corrected chi connectivity index (χ1v) is 8.87. The van der Waals surface area contributed by atoms with E-state index in [1.54, 1.807) is 23.1 Å². The molecule has 0 saturated carbocycles. The molecule has 110 valence electrons. The molecule has 0 saturated heterocycles. The molecule has 0 amide bonds. The van der Waals surface area contributed by atoms with Crippen LogP contribution in [-0.4, -0.2) is 15.9 Å². The summed E-state index contributed by atoms with van der Waals surface area (Å²) < 4.78 is 2.20. The third kappa shape index (κ3) is 3.31. The van der Waals surface area contributed by atoms with E-state index in [0.717, 1.165) is 29.5 Å². The number of imidazole rings is 1. The maximum atomic E-state index is 4.77. The summed E-state index contributed by atoms with van der Waals surface area (Å²) in [5.74, 6) is 0. The zero-order valence-corrected chi connectivity index (χ0v) is 13.9. The average Bonchev–Trinajstić information content (AvgIpc) is 3.04. The molecule has 0 aliphatic rings. The minimum absolute atomic E-state index is 0.861. The second kappa shape index (κ2) is 6.64. The van der Waals surface area contributed by atoms with Crippen LogP contribution < -0.4 is 5.32 Å². The summed E-state index contributed by atoms with van der Waals surface area (Å²) in [6.45, 7) is 6.19. The van der Waals surface area contributed by atoms with E-state index >= 15 is 0 Å². The lowest BCUT2D eigenvalue weighted by Crippen LogP contribution is -2.15. The van der Waals surface area contributed by atoms with Gasteiger partial charge in [-0.15, -0.1) is 11.3 Å². The molecule has 3 rings (SSSR count). The topological polar surface area (TPSA) is 29.3 Å². The molecule has 0 atom stereocenters. The Morgan fingerprint density at radius 1 is 1.29 bits per heavy atom. The van der Waals surface area contributed by atoms with Gasteiger partial charge in [0.25, 0.3) is 0 Å². The highest BCUT2D eigenvalue weighted by atomic mass is 32.2. The number of hydrogen-bond donors (Lipinski definition) is 1. The van der Waals surface area contributed by atoms with Gasteiger partial charge in [0.2, 0.25) is 0 Å². The van der Waals surface area contributed by atoms with Crippen molar-refractivity contribution in [2.24, 2.45) is 0 Å². The summed E-state index contributed by atoms with van der Waals surface area (Å²) >= 11 is 3.43. The number of hydrogen-bond acceptors (Lipinski definition) is 4. The van der Waals surface area contributed by atoms with E-state index in [2.05, 4.69) is 59.4 Å². The van der Waals surface area contributed by atoms with E-state index < -0.39 is 0 Å². The first-order chi connectivity index (χ1) is 10.3. The van der Waals surface area contributed by atoms with Gasteiger partial charge < -0.3 is 5.32 Å². The van der Waals surface area contributed by atoms with Crippen molar-refractivity contribution in [3.05, 3.63) is 47.1 Å². The minimum Gasteiger partial charge on any atom is -0.311 e. The van der Waals surface area contributed by atoms with Gasteiger partial charge in [0.15, 0.2) is 4.96 Å². The lowest BCUT2D eigenvalue weighted by Gasteiger charge is -2.05. The molecule has 0 unspecified atom stereocenters. The fourth-order valence-electron chi connectivity index (χ4n) is 2.16. The predicted octanol–water partition coefficient (Wildman–Crippen LogP) is 4.36. The van der Waals surface area contributed by atoms with Gasteiger partial charge in [-0.25, -0.2) is 4.98 Å². The second-order valence-corrected chi connectivity index (χ2v) is 6.95. The molecule has 1 aromatic carbocycles. The maximum absolute atomic E-state index is 4.77. The molecular formula is C16H19N3S2. The number of fused-ring (bicyclic) bond motifs is 1. The number of aryl methyl sites for hydroxylation is 1. The molecule has 21 heavy (non-hydrogen) atoms. The molecule has 5 heteroatoms. The summed E-state index contributed by atoms with van der Waals surface area (Å²) in [6.07, 6.45) is 3.25. The highest BCUT2D eigenvalue weighted by molar-refractivity contribution is 7.99. The second-order valence-electron chi connectivity index (χ2n) is 5.01. The van der Waals surface area contributed by atoms with Crippen LogP contribution in [0.25, 0.3) is 4.96 Å². The van der Waals surface area contributed by atoms with Crippen LogP contribution in [0, 0.1) is 6.92 Å². The monoisotopic (exact) mass is 317 g/mol. The van der Waals surface area contributed by atoms with E-state index in [1.165, 1.54) is 16.2 Å². The van der Waals surface area contributed by atoms with Crippen LogP contribution >= 0.6 is 23.1 Å². The number of nitrogens with zero attached hydrogens (tertiary/aromatic N) is 2. The smallest absolute Gasteiger partial charge is 0.194 e. The third-order valence-corrected chi connectivity index (χ3v) is 5.06. The van der Waals surface area contributed by atoms with E-state index in [-0.39, 0.29) is 0 Å². The van der Waals surface area contributed by atoms with Gasteiger partial charge in [0.05, 0.1) is 5.69 Å². The van der Waals surface area contributed by atoms with E-state index in [9.17, 15) is 0 Å². The van der Waals surface area contributed by atoms with Gasteiger partial charge in [-0.3, -0.25) is 4.40 Å².